The van der Waals surface area contributed by atoms with E-state index in [9.17, 15) is 0 Å². The lowest BCUT2D eigenvalue weighted by Crippen LogP contribution is -2.38. The van der Waals surface area contributed by atoms with Crippen molar-refractivity contribution in [2.24, 2.45) is 11.7 Å². The summed E-state index contributed by atoms with van der Waals surface area (Å²) in [5, 5.41) is 0. The summed E-state index contributed by atoms with van der Waals surface area (Å²) in [6.07, 6.45) is 3.31. The van der Waals surface area contributed by atoms with Crippen LogP contribution in [0.4, 0.5) is 0 Å². The Morgan fingerprint density at radius 1 is 1.29 bits per heavy atom. The fourth-order valence-electron chi connectivity index (χ4n) is 2.08. The van der Waals surface area contributed by atoms with Crippen molar-refractivity contribution in [1.29, 1.82) is 0 Å². The van der Waals surface area contributed by atoms with E-state index in [4.69, 9.17) is 27.4 Å². The minimum Gasteiger partial charge on any atom is -0.393 e. The van der Waals surface area contributed by atoms with E-state index in [2.05, 4.69) is 4.90 Å². The number of piperidine rings is 1. The third-order valence-corrected chi connectivity index (χ3v) is 3.52. The predicted octanol–water partition coefficient (Wildman–Crippen LogP) is 1.04. The first-order valence-corrected chi connectivity index (χ1v) is 6.73. The fraction of sp³-hybridized carbons (Fsp3) is 0.917. The fourth-order valence-corrected chi connectivity index (χ4v) is 2.31. The smallest absolute Gasteiger partial charge is 0.0759 e. The second-order valence-corrected chi connectivity index (χ2v) is 4.95. The van der Waals surface area contributed by atoms with Crippen molar-refractivity contribution in [3.63, 3.8) is 0 Å². The molecule has 1 heterocycles. The summed E-state index contributed by atoms with van der Waals surface area (Å²) < 4.78 is 10.3. The van der Waals surface area contributed by atoms with Gasteiger partial charge in [0.15, 0.2) is 0 Å². The Hall–Kier alpha value is -0.230. The van der Waals surface area contributed by atoms with Gasteiger partial charge in [0, 0.05) is 26.2 Å². The zero-order valence-corrected chi connectivity index (χ0v) is 11.5. The molecule has 2 N–H and O–H groups in total. The zero-order valence-electron chi connectivity index (χ0n) is 10.7. The molecule has 0 amide bonds. The van der Waals surface area contributed by atoms with Gasteiger partial charge >= 0.3 is 0 Å². The molecular weight excluding hydrogens is 236 g/mol. The molecule has 17 heavy (non-hydrogen) atoms. The van der Waals surface area contributed by atoms with E-state index in [0.717, 1.165) is 45.5 Å². The van der Waals surface area contributed by atoms with Crippen molar-refractivity contribution < 1.29 is 9.47 Å². The molecule has 0 aromatic rings. The van der Waals surface area contributed by atoms with Gasteiger partial charge in [-0.1, -0.05) is 12.2 Å². The van der Waals surface area contributed by atoms with Crippen LogP contribution in [0.25, 0.3) is 0 Å². The van der Waals surface area contributed by atoms with Gasteiger partial charge in [-0.05, 0) is 32.4 Å². The maximum atomic E-state index is 5.66. The number of thiocarbonyl (C=S) groups is 1. The molecule has 0 atom stereocenters. The number of rotatable bonds is 8. The Morgan fingerprint density at radius 3 is 2.59 bits per heavy atom. The van der Waals surface area contributed by atoms with Gasteiger partial charge in [-0.25, -0.2) is 0 Å². The molecular formula is C12H24N2O2S. The van der Waals surface area contributed by atoms with Crippen LogP contribution in [0.2, 0.25) is 0 Å². The molecule has 1 aliphatic rings. The van der Waals surface area contributed by atoms with Crippen molar-refractivity contribution in [1.82, 2.24) is 4.90 Å². The number of nitrogens with zero attached hydrogens (tertiary/aromatic N) is 1. The van der Waals surface area contributed by atoms with Crippen LogP contribution in [0.15, 0.2) is 0 Å². The number of nitrogens with two attached hydrogens (primary N) is 1. The maximum Gasteiger partial charge on any atom is 0.0759 e. The van der Waals surface area contributed by atoms with Crippen LogP contribution in [-0.4, -0.2) is 56.5 Å². The Morgan fingerprint density at radius 2 is 2.00 bits per heavy atom. The maximum absolute atomic E-state index is 5.66. The van der Waals surface area contributed by atoms with Crippen LogP contribution in [0.1, 0.15) is 19.3 Å². The Balaban J connectivity index is 1.97. The first-order valence-electron chi connectivity index (χ1n) is 6.32. The predicted molar refractivity (Wildman–Crippen MR) is 73.3 cm³/mol. The second kappa shape index (κ2) is 8.80. The molecule has 1 aliphatic heterocycles. The van der Waals surface area contributed by atoms with Gasteiger partial charge in [0.2, 0.25) is 0 Å². The molecule has 0 bridgehead atoms. The van der Waals surface area contributed by atoms with Crippen LogP contribution in [0, 0.1) is 5.92 Å². The van der Waals surface area contributed by atoms with E-state index in [0.29, 0.717) is 24.1 Å². The van der Waals surface area contributed by atoms with Crippen molar-refractivity contribution in [3.05, 3.63) is 0 Å². The third kappa shape index (κ3) is 6.31. The quantitative estimate of drug-likeness (QED) is 0.522. The average Bonchev–Trinajstić information content (AvgIpc) is 2.34. The van der Waals surface area contributed by atoms with Crippen LogP contribution in [-0.2, 0) is 9.47 Å². The molecule has 0 radical (unpaired) electrons. The summed E-state index contributed by atoms with van der Waals surface area (Å²) in [4.78, 5) is 3.15. The molecule has 0 saturated carbocycles. The zero-order chi connectivity index (χ0) is 12.5. The summed E-state index contributed by atoms with van der Waals surface area (Å²) in [7, 11) is 1.69. The topological polar surface area (TPSA) is 47.7 Å². The van der Waals surface area contributed by atoms with E-state index in [1.807, 2.05) is 0 Å². The van der Waals surface area contributed by atoms with Gasteiger partial charge in [0.25, 0.3) is 0 Å². The highest BCUT2D eigenvalue weighted by atomic mass is 32.1. The molecule has 0 aromatic carbocycles. The normalized spacial score (nSPS) is 18.4. The number of ether oxygens (including phenoxy) is 2. The lowest BCUT2D eigenvalue weighted by molar-refractivity contribution is 0.0638. The van der Waals surface area contributed by atoms with E-state index >= 15 is 0 Å². The van der Waals surface area contributed by atoms with Crippen molar-refractivity contribution in [2.45, 2.75) is 19.3 Å². The highest BCUT2D eigenvalue weighted by Crippen LogP contribution is 2.17. The van der Waals surface area contributed by atoms with Crippen molar-refractivity contribution in [2.75, 3.05) is 46.6 Å². The number of hydrogen-bond acceptors (Lipinski definition) is 4. The van der Waals surface area contributed by atoms with Gasteiger partial charge in [-0.3, -0.25) is 0 Å². The molecule has 4 nitrogen and oxygen atoms in total. The number of methoxy groups -OCH3 is 1. The highest BCUT2D eigenvalue weighted by molar-refractivity contribution is 7.80. The van der Waals surface area contributed by atoms with Crippen molar-refractivity contribution in [3.8, 4) is 0 Å². The summed E-state index contributed by atoms with van der Waals surface area (Å²) in [6, 6.07) is 0. The molecule has 0 spiro atoms. The van der Waals surface area contributed by atoms with Gasteiger partial charge in [-0.15, -0.1) is 0 Å². The van der Waals surface area contributed by atoms with E-state index < -0.39 is 0 Å². The Kier molecular flexibility index (Phi) is 7.68. The molecule has 1 fully saturated rings. The van der Waals surface area contributed by atoms with Crippen LogP contribution < -0.4 is 5.73 Å². The van der Waals surface area contributed by atoms with Gasteiger partial charge < -0.3 is 20.1 Å². The molecule has 100 valence electrons. The average molecular weight is 260 g/mol. The Bertz CT molecular complexity index is 219. The second-order valence-electron chi connectivity index (χ2n) is 4.48. The molecule has 1 saturated heterocycles. The van der Waals surface area contributed by atoms with Gasteiger partial charge in [-0.2, -0.15) is 0 Å². The molecule has 0 aromatic heterocycles. The monoisotopic (exact) mass is 260 g/mol. The van der Waals surface area contributed by atoms with Gasteiger partial charge in [0.05, 0.1) is 18.2 Å². The summed E-state index contributed by atoms with van der Waals surface area (Å²) >= 11 is 5.03. The third-order valence-electron chi connectivity index (χ3n) is 3.18. The summed E-state index contributed by atoms with van der Waals surface area (Å²) in [5.74, 6) is 0.458. The van der Waals surface area contributed by atoms with E-state index in [-0.39, 0.29) is 0 Å². The molecule has 1 rings (SSSR count). The van der Waals surface area contributed by atoms with E-state index in [1.165, 1.54) is 0 Å². The summed E-state index contributed by atoms with van der Waals surface area (Å²) in [5.41, 5.74) is 5.66. The van der Waals surface area contributed by atoms with Crippen molar-refractivity contribution >= 4 is 17.2 Å². The minimum atomic E-state index is 0.458. The van der Waals surface area contributed by atoms with Crippen LogP contribution in [0.5, 0.6) is 0 Å². The first-order chi connectivity index (χ1) is 8.24. The van der Waals surface area contributed by atoms with E-state index in [1.54, 1.807) is 7.11 Å². The Labute approximate surface area is 109 Å². The minimum absolute atomic E-state index is 0.458. The number of hydrogen-bond donors (Lipinski definition) is 1. The first kappa shape index (κ1) is 14.8. The number of likely N-dealkylation sites (tertiary alicyclic amines) is 1. The standard InChI is InChI=1S/C12H24N2O2S/c1-15-9-10-16-8-2-5-14-6-3-11(4-7-14)12(13)17/h11H,2-10H2,1H3,(H2,13,17). The lowest BCUT2D eigenvalue weighted by Gasteiger charge is -2.31. The molecule has 0 unspecified atom stereocenters. The van der Waals surface area contributed by atoms with Crippen LogP contribution in [0.3, 0.4) is 0 Å². The molecule has 5 heteroatoms. The summed E-state index contributed by atoms with van der Waals surface area (Å²) in [6.45, 7) is 5.52. The highest BCUT2D eigenvalue weighted by Gasteiger charge is 2.20. The van der Waals surface area contributed by atoms with Gasteiger partial charge in [0.1, 0.15) is 0 Å². The largest absolute Gasteiger partial charge is 0.393 e. The SMILES string of the molecule is COCCOCCCN1CCC(C(N)=S)CC1. The molecule has 0 aliphatic carbocycles. The lowest BCUT2D eigenvalue weighted by atomic mass is 9.97. The van der Waals surface area contributed by atoms with Crippen LogP contribution >= 0.6 is 12.2 Å².